The van der Waals surface area contributed by atoms with Gasteiger partial charge < -0.3 is 19.3 Å². The molecule has 5 nitrogen and oxygen atoms in total. The summed E-state index contributed by atoms with van der Waals surface area (Å²) in [6.07, 6.45) is 1.54. The fourth-order valence-electron chi connectivity index (χ4n) is 1.72. The zero-order chi connectivity index (χ0) is 13.7. The summed E-state index contributed by atoms with van der Waals surface area (Å²) in [5, 5.41) is 7.60. The van der Waals surface area contributed by atoms with Crippen molar-refractivity contribution in [2.75, 3.05) is 14.2 Å². The molecule has 0 spiro atoms. The standard InChI is InChI=1S/C13H15ClN2O3/c1-17-11-4-3-9(12(14)13(11)18-2)7-15-8-10-5-6-19-16-10/h3-6,15H,7-8H2,1-2H3. The van der Waals surface area contributed by atoms with Crippen LogP contribution in [0.25, 0.3) is 0 Å². The lowest BCUT2D eigenvalue weighted by Crippen LogP contribution is -2.13. The van der Waals surface area contributed by atoms with Gasteiger partial charge in [-0.15, -0.1) is 0 Å². The van der Waals surface area contributed by atoms with Crippen molar-refractivity contribution < 1.29 is 14.0 Å². The summed E-state index contributed by atoms with van der Waals surface area (Å²) in [6, 6.07) is 5.54. The van der Waals surface area contributed by atoms with Crippen LogP contribution in [0.15, 0.2) is 29.0 Å². The second-order valence-electron chi connectivity index (χ2n) is 3.87. The van der Waals surface area contributed by atoms with Gasteiger partial charge in [-0.2, -0.15) is 0 Å². The number of benzene rings is 1. The Hall–Kier alpha value is -1.72. The Balaban J connectivity index is 2.04. The molecule has 1 heterocycles. The van der Waals surface area contributed by atoms with Gasteiger partial charge in [0.2, 0.25) is 0 Å². The number of rotatable bonds is 6. The maximum Gasteiger partial charge on any atom is 0.179 e. The first kappa shape index (κ1) is 13.7. The SMILES string of the molecule is COc1ccc(CNCc2ccon2)c(Cl)c1OC. The molecule has 0 atom stereocenters. The second kappa shape index (κ2) is 6.45. The minimum absolute atomic E-state index is 0.546. The normalized spacial score (nSPS) is 10.5. The molecule has 6 heteroatoms. The van der Waals surface area contributed by atoms with Crippen LogP contribution in [0.4, 0.5) is 0 Å². The van der Waals surface area contributed by atoms with Crippen LogP contribution in [0.5, 0.6) is 11.5 Å². The number of hydrogen-bond donors (Lipinski definition) is 1. The Morgan fingerprint density at radius 2 is 2.05 bits per heavy atom. The molecule has 2 aromatic rings. The van der Waals surface area contributed by atoms with Gasteiger partial charge in [-0.25, -0.2) is 0 Å². The molecule has 102 valence electrons. The number of nitrogens with zero attached hydrogens (tertiary/aromatic N) is 1. The molecule has 0 unspecified atom stereocenters. The largest absolute Gasteiger partial charge is 0.493 e. The Bertz CT molecular complexity index is 529. The highest BCUT2D eigenvalue weighted by Gasteiger charge is 2.12. The number of ether oxygens (including phenoxy) is 2. The number of aromatic nitrogens is 1. The van der Waals surface area contributed by atoms with Crippen LogP contribution in [-0.4, -0.2) is 19.4 Å². The van der Waals surface area contributed by atoms with Gasteiger partial charge in [0.1, 0.15) is 6.26 Å². The quantitative estimate of drug-likeness (QED) is 0.883. The number of methoxy groups -OCH3 is 2. The van der Waals surface area contributed by atoms with Crippen LogP contribution in [0, 0.1) is 0 Å². The van der Waals surface area contributed by atoms with Crippen LogP contribution in [0.3, 0.4) is 0 Å². The van der Waals surface area contributed by atoms with E-state index in [-0.39, 0.29) is 0 Å². The molecule has 1 N–H and O–H groups in total. The monoisotopic (exact) mass is 282 g/mol. The lowest BCUT2D eigenvalue weighted by Gasteiger charge is -2.13. The van der Waals surface area contributed by atoms with E-state index in [2.05, 4.69) is 10.5 Å². The average Bonchev–Trinajstić information content (AvgIpc) is 2.93. The summed E-state index contributed by atoms with van der Waals surface area (Å²) in [4.78, 5) is 0. The third kappa shape index (κ3) is 3.19. The molecule has 2 rings (SSSR count). The van der Waals surface area contributed by atoms with Crippen molar-refractivity contribution in [3.63, 3.8) is 0 Å². The molecule has 1 aromatic heterocycles. The van der Waals surface area contributed by atoms with Crippen molar-refractivity contribution in [2.24, 2.45) is 0 Å². The first-order valence-corrected chi connectivity index (χ1v) is 6.13. The number of hydrogen-bond acceptors (Lipinski definition) is 5. The Morgan fingerprint density at radius 3 is 2.68 bits per heavy atom. The van der Waals surface area contributed by atoms with E-state index in [0.717, 1.165) is 11.3 Å². The minimum Gasteiger partial charge on any atom is -0.493 e. The zero-order valence-electron chi connectivity index (χ0n) is 10.8. The van der Waals surface area contributed by atoms with E-state index in [1.165, 1.54) is 0 Å². The predicted molar refractivity (Wildman–Crippen MR) is 71.6 cm³/mol. The molecular weight excluding hydrogens is 268 g/mol. The molecule has 0 aliphatic heterocycles. The van der Waals surface area contributed by atoms with Gasteiger partial charge in [0.25, 0.3) is 0 Å². The molecule has 0 radical (unpaired) electrons. The Labute approximate surface area is 116 Å². The highest BCUT2D eigenvalue weighted by molar-refractivity contribution is 6.33. The molecule has 0 amide bonds. The van der Waals surface area contributed by atoms with Crippen molar-refractivity contribution in [2.45, 2.75) is 13.1 Å². The second-order valence-corrected chi connectivity index (χ2v) is 4.25. The van der Waals surface area contributed by atoms with E-state index in [0.29, 0.717) is 29.6 Å². The van der Waals surface area contributed by atoms with E-state index in [1.54, 1.807) is 20.5 Å². The van der Waals surface area contributed by atoms with Crippen LogP contribution >= 0.6 is 11.6 Å². The lowest BCUT2D eigenvalue weighted by molar-refractivity contribution is 0.354. The van der Waals surface area contributed by atoms with Gasteiger partial charge >= 0.3 is 0 Å². The van der Waals surface area contributed by atoms with Crippen LogP contribution in [0.2, 0.25) is 5.02 Å². The van der Waals surface area contributed by atoms with E-state index >= 15 is 0 Å². The molecule has 19 heavy (non-hydrogen) atoms. The summed E-state index contributed by atoms with van der Waals surface area (Å²) in [7, 11) is 3.15. The number of nitrogens with one attached hydrogen (secondary N) is 1. The summed E-state index contributed by atoms with van der Waals surface area (Å²) >= 11 is 6.27. The Kier molecular flexibility index (Phi) is 4.65. The summed E-state index contributed by atoms with van der Waals surface area (Å²) in [5.74, 6) is 1.16. The van der Waals surface area contributed by atoms with E-state index in [1.807, 2.05) is 18.2 Å². The molecule has 0 bridgehead atoms. The maximum atomic E-state index is 6.27. The van der Waals surface area contributed by atoms with Crippen molar-refractivity contribution in [1.29, 1.82) is 0 Å². The van der Waals surface area contributed by atoms with Gasteiger partial charge in [-0.3, -0.25) is 0 Å². The van der Waals surface area contributed by atoms with Gasteiger partial charge in [0, 0.05) is 19.2 Å². The highest BCUT2D eigenvalue weighted by atomic mass is 35.5. The zero-order valence-corrected chi connectivity index (χ0v) is 11.5. The molecule has 0 saturated heterocycles. The first-order chi connectivity index (χ1) is 9.26. The van der Waals surface area contributed by atoms with Gasteiger partial charge in [0.05, 0.1) is 24.9 Å². The van der Waals surface area contributed by atoms with Crippen molar-refractivity contribution in [3.8, 4) is 11.5 Å². The molecule has 0 fully saturated rings. The van der Waals surface area contributed by atoms with Crippen LogP contribution in [-0.2, 0) is 13.1 Å². The third-order valence-corrected chi connectivity index (χ3v) is 3.09. The van der Waals surface area contributed by atoms with Crippen molar-refractivity contribution in [1.82, 2.24) is 10.5 Å². The molecule has 0 aliphatic carbocycles. The third-order valence-electron chi connectivity index (χ3n) is 2.68. The smallest absolute Gasteiger partial charge is 0.179 e. The predicted octanol–water partition coefficient (Wildman–Crippen LogP) is 2.64. The minimum atomic E-state index is 0.546. The summed E-state index contributed by atoms with van der Waals surface area (Å²) in [6.45, 7) is 1.22. The molecular formula is C13H15ClN2O3. The maximum absolute atomic E-state index is 6.27. The topological polar surface area (TPSA) is 56.5 Å². The molecule has 0 saturated carbocycles. The molecule has 0 aliphatic rings. The molecule has 1 aromatic carbocycles. The number of halogens is 1. The van der Waals surface area contributed by atoms with Gasteiger partial charge in [0.15, 0.2) is 11.5 Å². The summed E-state index contributed by atoms with van der Waals surface area (Å²) < 4.78 is 15.2. The fourth-order valence-corrected chi connectivity index (χ4v) is 2.02. The van der Waals surface area contributed by atoms with Crippen LogP contribution in [0.1, 0.15) is 11.3 Å². The van der Waals surface area contributed by atoms with E-state index < -0.39 is 0 Å². The average molecular weight is 283 g/mol. The fraction of sp³-hybridized carbons (Fsp3) is 0.308. The van der Waals surface area contributed by atoms with Crippen LogP contribution < -0.4 is 14.8 Å². The lowest BCUT2D eigenvalue weighted by atomic mass is 10.2. The Morgan fingerprint density at radius 1 is 1.21 bits per heavy atom. The van der Waals surface area contributed by atoms with E-state index in [4.69, 9.17) is 25.6 Å². The highest BCUT2D eigenvalue weighted by Crippen LogP contribution is 2.37. The van der Waals surface area contributed by atoms with Gasteiger partial charge in [-0.05, 0) is 11.6 Å². The van der Waals surface area contributed by atoms with E-state index in [9.17, 15) is 0 Å². The summed E-state index contributed by atoms with van der Waals surface area (Å²) in [5.41, 5.74) is 1.78. The van der Waals surface area contributed by atoms with Gasteiger partial charge in [-0.1, -0.05) is 22.8 Å². The first-order valence-electron chi connectivity index (χ1n) is 5.75. The van der Waals surface area contributed by atoms with Crippen molar-refractivity contribution in [3.05, 3.63) is 40.7 Å². The van der Waals surface area contributed by atoms with Crippen molar-refractivity contribution >= 4 is 11.6 Å².